The van der Waals surface area contributed by atoms with Gasteiger partial charge in [-0.1, -0.05) is 28.1 Å². The van der Waals surface area contributed by atoms with E-state index in [9.17, 15) is 13.2 Å². The third-order valence-electron chi connectivity index (χ3n) is 3.88. The highest BCUT2D eigenvalue weighted by Gasteiger charge is 2.44. The third kappa shape index (κ3) is 5.71. The number of benzene rings is 1. The summed E-state index contributed by atoms with van der Waals surface area (Å²) in [6.45, 7) is 2.91. The minimum atomic E-state index is -4.15. The van der Waals surface area contributed by atoms with Gasteiger partial charge in [-0.3, -0.25) is 4.99 Å². The lowest BCUT2D eigenvalue weighted by Crippen LogP contribution is -2.39. The van der Waals surface area contributed by atoms with Crippen LogP contribution in [0.1, 0.15) is 31.7 Å². The summed E-state index contributed by atoms with van der Waals surface area (Å²) in [5, 5.41) is 5.74. The molecule has 1 fully saturated rings. The molecule has 0 aliphatic heterocycles. The van der Waals surface area contributed by atoms with Gasteiger partial charge in [-0.05, 0) is 37.5 Å². The van der Waals surface area contributed by atoms with Crippen molar-refractivity contribution < 1.29 is 13.2 Å². The molecule has 0 heterocycles. The van der Waals surface area contributed by atoms with Gasteiger partial charge in [0.05, 0.1) is 13.0 Å². The van der Waals surface area contributed by atoms with Crippen LogP contribution in [-0.2, 0) is 5.41 Å². The Balaban J connectivity index is 1.97. The maximum Gasteiger partial charge on any atom is 0.390 e. The summed E-state index contributed by atoms with van der Waals surface area (Å²) in [7, 11) is 0. The molecule has 23 heavy (non-hydrogen) atoms. The van der Waals surface area contributed by atoms with Crippen molar-refractivity contribution in [1.29, 1.82) is 0 Å². The molecule has 0 aromatic heterocycles. The molecule has 1 saturated carbocycles. The Morgan fingerprint density at radius 1 is 1.30 bits per heavy atom. The van der Waals surface area contributed by atoms with Gasteiger partial charge in [-0.15, -0.1) is 0 Å². The van der Waals surface area contributed by atoms with Crippen LogP contribution in [0.25, 0.3) is 0 Å². The molecule has 0 unspecified atom stereocenters. The van der Waals surface area contributed by atoms with Crippen LogP contribution in [0.15, 0.2) is 33.7 Å². The highest BCUT2D eigenvalue weighted by Crippen LogP contribution is 2.48. The molecule has 2 rings (SSSR count). The molecule has 1 aromatic rings. The summed E-state index contributed by atoms with van der Waals surface area (Å²) in [4.78, 5) is 4.49. The summed E-state index contributed by atoms with van der Waals surface area (Å²) in [5.41, 5.74) is 1.25. The van der Waals surface area contributed by atoms with Gasteiger partial charge in [0, 0.05) is 23.0 Å². The first-order valence-electron chi connectivity index (χ1n) is 7.70. The fourth-order valence-corrected chi connectivity index (χ4v) is 2.80. The van der Waals surface area contributed by atoms with Crippen molar-refractivity contribution in [1.82, 2.24) is 10.6 Å². The van der Waals surface area contributed by atoms with Crippen molar-refractivity contribution in [3.63, 3.8) is 0 Å². The summed E-state index contributed by atoms with van der Waals surface area (Å²) in [6, 6.07) is 8.14. The quantitative estimate of drug-likeness (QED) is 0.568. The number of alkyl halides is 3. The van der Waals surface area contributed by atoms with E-state index in [4.69, 9.17) is 0 Å². The van der Waals surface area contributed by atoms with Crippen LogP contribution in [-0.4, -0.2) is 31.8 Å². The molecule has 0 amide bonds. The topological polar surface area (TPSA) is 36.4 Å². The smallest absolute Gasteiger partial charge is 0.357 e. The first-order valence-corrected chi connectivity index (χ1v) is 8.49. The number of hydrogen-bond donors (Lipinski definition) is 2. The zero-order chi connectivity index (χ0) is 16.9. The lowest BCUT2D eigenvalue weighted by molar-refractivity contribution is -0.132. The van der Waals surface area contributed by atoms with Gasteiger partial charge in [0.1, 0.15) is 0 Å². The number of nitrogens with zero attached hydrogens (tertiary/aromatic N) is 1. The van der Waals surface area contributed by atoms with Gasteiger partial charge < -0.3 is 10.6 Å². The average Bonchev–Trinajstić information content (AvgIpc) is 3.25. The van der Waals surface area contributed by atoms with E-state index in [0.717, 1.165) is 17.3 Å². The minimum Gasteiger partial charge on any atom is -0.357 e. The normalized spacial score (nSPS) is 17.0. The van der Waals surface area contributed by atoms with Gasteiger partial charge in [0.25, 0.3) is 0 Å². The fraction of sp³-hybridized carbons (Fsp3) is 0.562. The zero-order valence-electron chi connectivity index (χ0n) is 13.0. The number of guanidine groups is 1. The molecule has 3 nitrogen and oxygen atoms in total. The number of halogens is 4. The lowest BCUT2D eigenvalue weighted by atomic mass is 9.96. The van der Waals surface area contributed by atoms with Crippen LogP contribution in [0.4, 0.5) is 13.2 Å². The van der Waals surface area contributed by atoms with Crippen LogP contribution >= 0.6 is 15.9 Å². The van der Waals surface area contributed by atoms with Gasteiger partial charge in [-0.2, -0.15) is 13.2 Å². The molecule has 1 aliphatic rings. The summed E-state index contributed by atoms with van der Waals surface area (Å²) in [5.74, 6) is 0.443. The minimum absolute atomic E-state index is 0.0240. The van der Waals surface area contributed by atoms with Crippen molar-refractivity contribution in [3.05, 3.63) is 34.3 Å². The maximum absolute atomic E-state index is 12.2. The number of nitrogens with one attached hydrogen (secondary N) is 2. The predicted molar refractivity (Wildman–Crippen MR) is 89.7 cm³/mol. The Kier molecular flexibility index (Phi) is 5.95. The van der Waals surface area contributed by atoms with Crippen molar-refractivity contribution in [2.45, 2.75) is 37.8 Å². The van der Waals surface area contributed by atoms with Gasteiger partial charge in [0.15, 0.2) is 5.96 Å². The molecule has 7 heteroatoms. The van der Waals surface area contributed by atoms with Gasteiger partial charge in [0.2, 0.25) is 0 Å². The van der Waals surface area contributed by atoms with E-state index < -0.39 is 12.6 Å². The molecule has 128 valence electrons. The summed E-state index contributed by atoms with van der Waals surface area (Å²) in [6.07, 6.45) is -2.92. The molecular formula is C16H21BrF3N3. The number of aliphatic imine (C=N–C) groups is 1. The first kappa shape index (κ1) is 18.1. The lowest BCUT2D eigenvalue weighted by Gasteiger charge is -2.16. The first-order chi connectivity index (χ1) is 10.8. The predicted octanol–water partition coefficient (Wildman–Crippen LogP) is 3.99. The fourth-order valence-electron chi connectivity index (χ4n) is 2.40. The Bertz CT molecular complexity index is 554. The summed E-state index contributed by atoms with van der Waals surface area (Å²) >= 11 is 3.47. The number of rotatable bonds is 6. The Labute approximate surface area is 142 Å². The second kappa shape index (κ2) is 7.55. The standard InChI is InChI=1S/C16H21BrF3N3/c1-2-21-14(22-9-8-16(18,19)20)23-11-15(6-7-15)12-4-3-5-13(17)10-12/h3-5,10H,2,6-9,11H2,1H3,(H2,21,22,23). The van der Waals surface area contributed by atoms with Crippen LogP contribution in [0.3, 0.4) is 0 Å². The number of hydrogen-bond acceptors (Lipinski definition) is 1. The van der Waals surface area contributed by atoms with Gasteiger partial charge in [-0.25, -0.2) is 0 Å². The zero-order valence-corrected chi connectivity index (χ0v) is 14.6. The molecule has 0 bridgehead atoms. The van der Waals surface area contributed by atoms with E-state index in [1.165, 1.54) is 5.56 Å². The molecule has 0 radical (unpaired) electrons. The molecule has 1 aromatic carbocycles. The Morgan fingerprint density at radius 3 is 2.61 bits per heavy atom. The molecule has 2 N–H and O–H groups in total. The highest BCUT2D eigenvalue weighted by atomic mass is 79.9. The molecular weight excluding hydrogens is 371 g/mol. The largest absolute Gasteiger partial charge is 0.390 e. The molecule has 1 aliphatic carbocycles. The highest BCUT2D eigenvalue weighted by molar-refractivity contribution is 9.10. The second-order valence-corrected chi connectivity index (χ2v) is 6.69. The van der Waals surface area contributed by atoms with E-state index >= 15 is 0 Å². The van der Waals surface area contributed by atoms with E-state index in [1.54, 1.807) is 0 Å². The van der Waals surface area contributed by atoms with Crippen LogP contribution in [0.5, 0.6) is 0 Å². The maximum atomic E-state index is 12.2. The van der Waals surface area contributed by atoms with Crippen LogP contribution in [0.2, 0.25) is 0 Å². The monoisotopic (exact) mass is 391 g/mol. The van der Waals surface area contributed by atoms with Crippen LogP contribution in [0, 0.1) is 0 Å². The van der Waals surface area contributed by atoms with Crippen molar-refractivity contribution >= 4 is 21.9 Å². The van der Waals surface area contributed by atoms with Crippen molar-refractivity contribution in [2.24, 2.45) is 4.99 Å². The molecule has 0 atom stereocenters. The average molecular weight is 392 g/mol. The summed E-state index contributed by atoms with van der Waals surface area (Å²) < 4.78 is 37.7. The molecule has 0 spiro atoms. The van der Waals surface area contributed by atoms with E-state index in [-0.39, 0.29) is 12.0 Å². The van der Waals surface area contributed by atoms with Gasteiger partial charge >= 0.3 is 6.18 Å². The van der Waals surface area contributed by atoms with E-state index in [1.807, 2.05) is 19.1 Å². The Morgan fingerprint density at radius 2 is 2.04 bits per heavy atom. The van der Waals surface area contributed by atoms with Crippen LogP contribution < -0.4 is 10.6 Å². The van der Waals surface area contributed by atoms with Crippen molar-refractivity contribution in [3.8, 4) is 0 Å². The third-order valence-corrected chi connectivity index (χ3v) is 4.37. The van der Waals surface area contributed by atoms with E-state index in [2.05, 4.69) is 43.7 Å². The SMILES string of the molecule is CCNC(=NCC1(c2cccc(Br)c2)CC1)NCCC(F)(F)F. The Hall–Kier alpha value is -1.24. The second-order valence-electron chi connectivity index (χ2n) is 5.78. The molecule has 0 saturated heterocycles. The van der Waals surface area contributed by atoms with E-state index in [0.29, 0.717) is 19.0 Å². The van der Waals surface area contributed by atoms with Crippen molar-refractivity contribution in [2.75, 3.05) is 19.6 Å².